The number of benzene rings is 1. The maximum Gasteiger partial charge on any atom is 0.360 e. The number of aromatic nitrogens is 3. The van der Waals surface area contributed by atoms with Crippen LogP contribution in [0.15, 0.2) is 30.3 Å². The van der Waals surface area contributed by atoms with Gasteiger partial charge in [-0.25, -0.2) is 13.2 Å². The lowest BCUT2D eigenvalue weighted by Gasteiger charge is -2.26. The van der Waals surface area contributed by atoms with E-state index >= 15 is 0 Å². The fourth-order valence-electron chi connectivity index (χ4n) is 2.91. The van der Waals surface area contributed by atoms with Crippen molar-refractivity contribution >= 4 is 21.6 Å². The van der Waals surface area contributed by atoms with Crippen LogP contribution >= 0.6 is 0 Å². The number of aromatic carboxylic acids is 1. The first-order valence-corrected chi connectivity index (χ1v) is 9.46. The molecule has 1 N–H and O–H groups in total. The summed E-state index contributed by atoms with van der Waals surface area (Å²) in [5, 5.41) is 17.8. The summed E-state index contributed by atoms with van der Waals surface area (Å²) in [5.74, 6) is -0.857. The summed E-state index contributed by atoms with van der Waals surface area (Å²) in [4.78, 5) is 14.6. The smallest absolute Gasteiger partial charge is 0.360 e. The van der Waals surface area contributed by atoms with Gasteiger partial charge in [-0.05, 0) is 25.5 Å². The standard InChI is InChI=1S/C15H18N4O4S/c1-2-18(12-8-9-24(22,23)10-12)14-13(15(20)21)16-19(17-14)11-6-4-3-5-7-11/h3-7,12H,2,8-10H2,1H3,(H,20,21). The van der Waals surface area contributed by atoms with Gasteiger partial charge in [0.2, 0.25) is 5.69 Å². The number of carboxylic acid groups (broad SMARTS) is 1. The number of carbonyl (C=O) groups is 1. The van der Waals surface area contributed by atoms with Gasteiger partial charge in [0.1, 0.15) is 0 Å². The predicted octanol–water partition coefficient (Wildman–Crippen LogP) is 0.979. The maximum atomic E-state index is 11.8. The third kappa shape index (κ3) is 3.12. The highest BCUT2D eigenvalue weighted by Crippen LogP contribution is 2.25. The molecular formula is C15H18N4O4S. The number of rotatable bonds is 5. The third-order valence-corrected chi connectivity index (χ3v) is 5.80. The molecule has 0 saturated carbocycles. The molecule has 1 aliphatic heterocycles. The molecular weight excluding hydrogens is 332 g/mol. The minimum absolute atomic E-state index is 0.0120. The molecule has 2 aromatic rings. The van der Waals surface area contributed by atoms with Crippen molar-refractivity contribution < 1.29 is 18.3 Å². The molecule has 24 heavy (non-hydrogen) atoms. The van der Waals surface area contributed by atoms with Crippen molar-refractivity contribution in [3.8, 4) is 5.69 Å². The van der Waals surface area contributed by atoms with Crippen LogP contribution in [-0.4, -0.2) is 58.6 Å². The number of anilines is 1. The maximum absolute atomic E-state index is 11.8. The first-order valence-electron chi connectivity index (χ1n) is 7.64. The van der Waals surface area contributed by atoms with Crippen molar-refractivity contribution in [2.24, 2.45) is 0 Å². The second kappa shape index (κ2) is 6.23. The van der Waals surface area contributed by atoms with Gasteiger partial charge in [-0.3, -0.25) is 0 Å². The molecule has 1 atom stereocenters. The summed E-state index contributed by atoms with van der Waals surface area (Å²) in [7, 11) is -3.08. The van der Waals surface area contributed by atoms with Gasteiger partial charge in [0.05, 0.1) is 17.2 Å². The van der Waals surface area contributed by atoms with Crippen LogP contribution in [0.2, 0.25) is 0 Å². The first-order chi connectivity index (χ1) is 11.4. The predicted molar refractivity (Wildman–Crippen MR) is 88.4 cm³/mol. The van der Waals surface area contributed by atoms with E-state index in [0.717, 1.165) is 0 Å². The molecule has 9 heteroatoms. The van der Waals surface area contributed by atoms with Crippen LogP contribution in [-0.2, 0) is 9.84 Å². The van der Waals surface area contributed by atoms with E-state index in [9.17, 15) is 18.3 Å². The van der Waals surface area contributed by atoms with Gasteiger partial charge in [0.15, 0.2) is 15.7 Å². The van der Waals surface area contributed by atoms with E-state index in [1.54, 1.807) is 29.2 Å². The molecule has 1 unspecified atom stereocenters. The summed E-state index contributed by atoms with van der Waals surface area (Å²) in [6, 6.07) is 8.71. The summed E-state index contributed by atoms with van der Waals surface area (Å²) < 4.78 is 23.5. The lowest BCUT2D eigenvalue weighted by Crippen LogP contribution is -2.37. The molecule has 0 spiro atoms. The quantitative estimate of drug-likeness (QED) is 0.857. The van der Waals surface area contributed by atoms with Crippen LogP contribution in [0.1, 0.15) is 23.8 Å². The second-order valence-corrected chi connectivity index (χ2v) is 7.87. The molecule has 8 nitrogen and oxygen atoms in total. The monoisotopic (exact) mass is 350 g/mol. The highest BCUT2D eigenvalue weighted by atomic mass is 32.2. The van der Waals surface area contributed by atoms with Gasteiger partial charge in [0.25, 0.3) is 0 Å². The molecule has 0 radical (unpaired) electrons. The van der Waals surface area contributed by atoms with Crippen LogP contribution in [0.4, 0.5) is 5.82 Å². The van der Waals surface area contributed by atoms with Crippen LogP contribution < -0.4 is 4.90 Å². The number of carboxylic acids is 1. The number of hydrogen-bond acceptors (Lipinski definition) is 6. The largest absolute Gasteiger partial charge is 0.476 e. The SMILES string of the molecule is CCN(c1nn(-c2ccccc2)nc1C(=O)O)C1CCS(=O)(=O)C1. The van der Waals surface area contributed by atoms with E-state index in [4.69, 9.17) is 0 Å². The average Bonchev–Trinajstić information content (AvgIpc) is 3.13. The van der Waals surface area contributed by atoms with E-state index in [0.29, 0.717) is 18.7 Å². The van der Waals surface area contributed by atoms with E-state index in [-0.39, 0.29) is 29.1 Å². The zero-order valence-corrected chi connectivity index (χ0v) is 14.0. The summed E-state index contributed by atoms with van der Waals surface area (Å²) in [5.41, 5.74) is 0.464. The topological polar surface area (TPSA) is 105 Å². The molecule has 2 heterocycles. The summed E-state index contributed by atoms with van der Waals surface area (Å²) >= 11 is 0. The molecule has 128 valence electrons. The van der Waals surface area contributed by atoms with Crippen LogP contribution in [0.3, 0.4) is 0 Å². The van der Waals surface area contributed by atoms with E-state index in [1.807, 2.05) is 13.0 Å². The van der Waals surface area contributed by atoms with Gasteiger partial charge in [-0.2, -0.15) is 0 Å². The second-order valence-electron chi connectivity index (χ2n) is 5.65. The molecule has 0 aliphatic carbocycles. The number of hydrogen-bond donors (Lipinski definition) is 1. The Morgan fingerprint density at radius 3 is 2.58 bits per heavy atom. The Balaban J connectivity index is 2.02. The molecule has 0 amide bonds. The zero-order chi connectivity index (χ0) is 17.3. The molecule has 1 saturated heterocycles. The molecule has 1 fully saturated rings. The Hall–Kier alpha value is -2.42. The Morgan fingerprint density at radius 1 is 1.33 bits per heavy atom. The highest BCUT2D eigenvalue weighted by Gasteiger charge is 2.35. The van der Waals surface area contributed by atoms with Gasteiger partial charge in [-0.15, -0.1) is 15.0 Å². The minimum Gasteiger partial charge on any atom is -0.476 e. The number of sulfone groups is 1. The Kier molecular flexibility index (Phi) is 4.27. The Labute approximate surface area is 139 Å². The minimum atomic E-state index is -3.08. The van der Waals surface area contributed by atoms with E-state index in [1.165, 1.54) is 4.80 Å². The van der Waals surface area contributed by atoms with Crippen molar-refractivity contribution in [3.05, 3.63) is 36.0 Å². The van der Waals surface area contributed by atoms with Crippen molar-refractivity contribution in [2.45, 2.75) is 19.4 Å². The average molecular weight is 350 g/mol. The molecule has 1 aromatic carbocycles. The molecule has 0 bridgehead atoms. The molecule has 1 aliphatic rings. The Bertz CT molecular complexity index is 848. The lowest BCUT2D eigenvalue weighted by atomic mass is 10.2. The van der Waals surface area contributed by atoms with Crippen molar-refractivity contribution in [2.75, 3.05) is 23.0 Å². The Morgan fingerprint density at radius 2 is 2.04 bits per heavy atom. The number of para-hydroxylation sites is 1. The fourth-order valence-corrected chi connectivity index (χ4v) is 4.64. The van der Waals surface area contributed by atoms with Crippen LogP contribution in [0.5, 0.6) is 0 Å². The van der Waals surface area contributed by atoms with Gasteiger partial charge < -0.3 is 10.0 Å². The van der Waals surface area contributed by atoms with Gasteiger partial charge >= 0.3 is 5.97 Å². The van der Waals surface area contributed by atoms with Crippen LogP contribution in [0.25, 0.3) is 5.69 Å². The van der Waals surface area contributed by atoms with E-state index in [2.05, 4.69) is 10.2 Å². The third-order valence-electron chi connectivity index (χ3n) is 4.05. The van der Waals surface area contributed by atoms with Crippen molar-refractivity contribution in [1.29, 1.82) is 0 Å². The highest BCUT2D eigenvalue weighted by molar-refractivity contribution is 7.91. The van der Waals surface area contributed by atoms with Crippen molar-refractivity contribution in [1.82, 2.24) is 15.0 Å². The summed E-state index contributed by atoms with van der Waals surface area (Å²) in [6.07, 6.45) is 0.466. The van der Waals surface area contributed by atoms with Crippen molar-refractivity contribution in [3.63, 3.8) is 0 Å². The number of nitrogens with zero attached hydrogens (tertiary/aromatic N) is 4. The zero-order valence-electron chi connectivity index (χ0n) is 13.2. The summed E-state index contributed by atoms with van der Waals surface area (Å²) in [6.45, 7) is 2.30. The van der Waals surface area contributed by atoms with Gasteiger partial charge in [0, 0.05) is 12.6 Å². The fraction of sp³-hybridized carbons (Fsp3) is 0.400. The normalized spacial score (nSPS) is 19.3. The molecule has 3 rings (SSSR count). The molecule has 1 aromatic heterocycles. The van der Waals surface area contributed by atoms with E-state index < -0.39 is 15.8 Å². The first kappa shape index (κ1) is 16.4. The van der Waals surface area contributed by atoms with Gasteiger partial charge in [-0.1, -0.05) is 18.2 Å². The lowest BCUT2D eigenvalue weighted by molar-refractivity contribution is 0.0690. The van der Waals surface area contributed by atoms with Crippen LogP contribution in [0, 0.1) is 0 Å².